The molecule has 1 fully saturated rings. The quantitative estimate of drug-likeness (QED) is 0.685. The molecule has 1 saturated carbocycles. The molecular formula is C20H25N. The first-order valence-corrected chi connectivity index (χ1v) is 8.36. The Morgan fingerprint density at radius 3 is 2.71 bits per heavy atom. The van der Waals surface area contributed by atoms with Crippen molar-refractivity contribution in [1.82, 2.24) is 0 Å². The van der Waals surface area contributed by atoms with E-state index in [-0.39, 0.29) is 5.41 Å². The molecule has 0 bridgehead atoms. The summed E-state index contributed by atoms with van der Waals surface area (Å²) in [5, 5.41) is 6.67. The average molecular weight is 279 g/mol. The van der Waals surface area contributed by atoms with Crippen molar-refractivity contribution in [2.75, 3.05) is 5.32 Å². The van der Waals surface area contributed by atoms with Gasteiger partial charge in [0.15, 0.2) is 0 Å². The number of fused-ring (bicyclic) bond motifs is 4. The Morgan fingerprint density at radius 2 is 1.86 bits per heavy atom. The van der Waals surface area contributed by atoms with Gasteiger partial charge in [-0.15, -0.1) is 0 Å². The Morgan fingerprint density at radius 1 is 1.05 bits per heavy atom. The Balaban J connectivity index is 1.91. The van der Waals surface area contributed by atoms with Gasteiger partial charge in [0, 0.05) is 17.1 Å². The molecule has 1 aliphatic carbocycles. The van der Waals surface area contributed by atoms with Gasteiger partial charge in [0.1, 0.15) is 0 Å². The zero-order valence-electron chi connectivity index (χ0n) is 13.3. The lowest BCUT2D eigenvalue weighted by Crippen LogP contribution is -2.49. The van der Waals surface area contributed by atoms with Crippen LogP contribution in [-0.2, 0) is 5.41 Å². The molecule has 0 spiro atoms. The number of hydrogen-bond donors (Lipinski definition) is 1. The van der Waals surface area contributed by atoms with Crippen LogP contribution in [0.4, 0.5) is 5.69 Å². The fraction of sp³-hybridized carbons (Fsp3) is 0.500. The maximum absolute atomic E-state index is 3.93. The molecular weight excluding hydrogens is 254 g/mol. The zero-order chi connectivity index (χ0) is 14.6. The van der Waals surface area contributed by atoms with Crippen molar-refractivity contribution in [2.24, 2.45) is 11.8 Å². The third kappa shape index (κ3) is 1.90. The van der Waals surface area contributed by atoms with Crippen LogP contribution in [0.1, 0.15) is 45.6 Å². The summed E-state index contributed by atoms with van der Waals surface area (Å²) in [5.74, 6) is 1.62. The van der Waals surface area contributed by atoms with Gasteiger partial charge in [-0.25, -0.2) is 0 Å². The molecule has 1 aliphatic heterocycles. The monoisotopic (exact) mass is 279 g/mol. The van der Waals surface area contributed by atoms with Gasteiger partial charge in [0.05, 0.1) is 0 Å². The van der Waals surface area contributed by atoms with Gasteiger partial charge in [-0.05, 0) is 41.0 Å². The normalized spacial score (nSPS) is 30.3. The average Bonchev–Trinajstić information content (AvgIpc) is 2.46. The summed E-state index contributed by atoms with van der Waals surface area (Å²) >= 11 is 0. The van der Waals surface area contributed by atoms with Crippen molar-refractivity contribution in [3.8, 4) is 0 Å². The van der Waals surface area contributed by atoms with Crippen LogP contribution in [0.15, 0.2) is 36.4 Å². The summed E-state index contributed by atoms with van der Waals surface area (Å²) in [7, 11) is 0. The van der Waals surface area contributed by atoms with Gasteiger partial charge in [0.2, 0.25) is 0 Å². The van der Waals surface area contributed by atoms with Crippen LogP contribution in [-0.4, -0.2) is 6.04 Å². The van der Waals surface area contributed by atoms with Crippen molar-refractivity contribution < 1.29 is 0 Å². The molecule has 2 aromatic carbocycles. The van der Waals surface area contributed by atoms with Crippen LogP contribution >= 0.6 is 0 Å². The van der Waals surface area contributed by atoms with Gasteiger partial charge in [-0.1, -0.05) is 63.6 Å². The van der Waals surface area contributed by atoms with Gasteiger partial charge in [-0.2, -0.15) is 0 Å². The van der Waals surface area contributed by atoms with Gasteiger partial charge >= 0.3 is 0 Å². The van der Waals surface area contributed by atoms with E-state index in [1.807, 2.05) is 0 Å². The molecule has 1 heteroatoms. The first kappa shape index (κ1) is 13.2. The lowest BCUT2D eigenvalue weighted by atomic mass is 9.61. The van der Waals surface area contributed by atoms with Crippen LogP contribution in [0.3, 0.4) is 0 Å². The van der Waals surface area contributed by atoms with Crippen LogP contribution in [0.2, 0.25) is 0 Å². The molecule has 21 heavy (non-hydrogen) atoms. The molecule has 3 atom stereocenters. The van der Waals surface area contributed by atoms with Crippen LogP contribution < -0.4 is 5.32 Å². The maximum atomic E-state index is 3.93. The predicted molar refractivity (Wildman–Crippen MR) is 90.9 cm³/mol. The Hall–Kier alpha value is -1.50. The number of nitrogens with one attached hydrogen (secondary N) is 1. The third-order valence-electron chi connectivity index (χ3n) is 5.99. The van der Waals surface area contributed by atoms with E-state index in [9.17, 15) is 0 Å². The third-order valence-corrected chi connectivity index (χ3v) is 5.99. The zero-order valence-corrected chi connectivity index (χ0v) is 13.3. The minimum atomic E-state index is 0.273. The summed E-state index contributed by atoms with van der Waals surface area (Å²) in [6, 6.07) is 14.1. The fourth-order valence-electron chi connectivity index (χ4n) is 4.75. The van der Waals surface area contributed by atoms with E-state index in [2.05, 4.69) is 62.5 Å². The predicted octanol–water partition coefficient (Wildman–Crippen LogP) is 5.35. The summed E-state index contributed by atoms with van der Waals surface area (Å²) in [5.41, 5.74) is 3.18. The second-order valence-electron chi connectivity index (χ2n) is 7.71. The molecule has 2 aliphatic rings. The molecule has 0 unspecified atom stereocenters. The first-order chi connectivity index (χ1) is 10.1. The second-order valence-corrected chi connectivity index (χ2v) is 7.71. The van der Waals surface area contributed by atoms with Crippen LogP contribution in [0.5, 0.6) is 0 Å². The number of rotatable bonds is 0. The highest BCUT2D eigenvalue weighted by Crippen LogP contribution is 2.50. The Labute approximate surface area is 127 Å². The van der Waals surface area contributed by atoms with Gasteiger partial charge in [-0.3, -0.25) is 0 Å². The SMILES string of the molecule is C[C@@H]1CC[C@H]2[C@H](C1)Nc1c(ccc3ccccc13)C2(C)C. The van der Waals surface area contributed by atoms with Crippen LogP contribution in [0.25, 0.3) is 10.8 Å². The van der Waals surface area contributed by atoms with E-state index in [0.29, 0.717) is 6.04 Å². The van der Waals surface area contributed by atoms with Crippen LogP contribution in [0, 0.1) is 11.8 Å². The molecule has 0 saturated heterocycles. The minimum absolute atomic E-state index is 0.273. The molecule has 4 rings (SSSR count). The first-order valence-electron chi connectivity index (χ1n) is 8.36. The lowest BCUT2D eigenvalue weighted by molar-refractivity contribution is 0.174. The van der Waals surface area contributed by atoms with Crippen molar-refractivity contribution in [3.63, 3.8) is 0 Å². The molecule has 1 N–H and O–H groups in total. The number of benzene rings is 2. The molecule has 1 nitrogen and oxygen atoms in total. The molecule has 2 aromatic rings. The standard InChI is InChI=1S/C20H25N/c1-13-8-10-16-18(12-13)21-19-15-7-5-4-6-14(15)9-11-17(19)20(16,2)3/h4-7,9,11,13,16,18,21H,8,10,12H2,1-3H3/t13-,16+,18+/m1/s1. The molecule has 110 valence electrons. The number of hydrogen-bond acceptors (Lipinski definition) is 1. The summed E-state index contributed by atoms with van der Waals surface area (Å²) in [6.45, 7) is 7.31. The Bertz CT molecular complexity index is 685. The maximum Gasteiger partial charge on any atom is 0.0460 e. The molecule has 0 amide bonds. The highest BCUT2D eigenvalue weighted by Gasteiger charge is 2.44. The van der Waals surface area contributed by atoms with E-state index >= 15 is 0 Å². The fourth-order valence-corrected chi connectivity index (χ4v) is 4.75. The molecule has 0 aromatic heterocycles. The second kappa shape index (κ2) is 4.50. The van der Waals surface area contributed by atoms with E-state index in [1.165, 1.54) is 41.3 Å². The van der Waals surface area contributed by atoms with Crippen molar-refractivity contribution in [1.29, 1.82) is 0 Å². The van der Waals surface area contributed by atoms with E-state index in [0.717, 1.165) is 11.8 Å². The summed E-state index contributed by atoms with van der Waals surface area (Å²) in [4.78, 5) is 0. The largest absolute Gasteiger partial charge is 0.381 e. The van der Waals surface area contributed by atoms with Crippen molar-refractivity contribution in [3.05, 3.63) is 42.0 Å². The molecule has 1 heterocycles. The van der Waals surface area contributed by atoms with E-state index < -0.39 is 0 Å². The summed E-state index contributed by atoms with van der Waals surface area (Å²) < 4.78 is 0. The van der Waals surface area contributed by atoms with Gasteiger partial charge in [0.25, 0.3) is 0 Å². The highest BCUT2D eigenvalue weighted by atomic mass is 15.0. The Kier molecular flexibility index (Phi) is 2.82. The highest BCUT2D eigenvalue weighted by molar-refractivity contribution is 5.96. The smallest absolute Gasteiger partial charge is 0.0460 e. The van der Waals surface area contributed by atoms with E-state index in [4.69, 9.17) is 0 Å². The molecule has 0 radical (unpaired) electrons. The van der Waals surface area contributed by atoms with Crippen molar-refractivity contribution >= 4 is 16.5 Å². The van der Waals surface area contributed by atoms with Crippen molar-refractivity contribution in [2.45, 2.75) is 51.5 Å². The van der Waals surface area contributed by atoms with Gasteiger partial charge < -0.3 is 5.32 Å². The summed E-state index contributed by atoms with van der Waals surface area (Å²) in [6.07, 6.45) is 4.06. The number of anilines is 1. The minimum Gasteiger partial charge on any atom is -0.381 e. The topological polar surface area (TPSA) is 12.0 Å². The lowest BCUT2D eigenvalue weighted by Gasteiger charge is -2.50. The van der Waals surface area contributed by atoms with E-state index in [1.54, 1.807) is 0 Å².